The zero-order valence-electron chi connectivity index (χ0n) is 9.73. The summed E-state index contributed by atoms with van der Waals surface area (Å²) in [6.45, 7) is 0.0381. The van der Waals surface area contributed by atoms with Crippen LogP contribution in [0.2, 0.25) is 0 Å². The Bertz CT molecular complexity index is 636. The fourth-order valence-electron chi connectivity index (χ4n) is 1.55. The van der Waals surface area contributed by atoms with Gasteiger partial charge in [0.1, 0.15) is 16.5 Å². The van der Waals surface area contributed by atoms with Crippen molar-refractivity contribution >= 4 is 10.0 Å². The summed E-state index contributed by atoms with van der Waals surface area (Å²) in [5.74, 6) is -1.37. The van der Waals surface area contributed by atoms with Crippen molar-refractivity contribution in [2.75, 3.05) is 6.54 Å². The lowest BCUT2D eigenvalue weighted by Crippen LogP contribution is -2.25. The second kappa shape index (κ2) is 5.45. The number of nitrogens with zero attached hydrogens (tertiary/aromatic N) is 1. The molecule has 102 valence electrons. The fourth-order valence-corrected chi connectivity index (χ4v) is 2.49. The van der Waals surface area contributed by atoms with Crippen molar-refractivity contribution in [3.05, 3.63) is 47.8 Å². The van der Waals surface area contributed by atoms with E-state index in [-0.39, 0.29) is 17.9 Å². The van der Waals surface area contributed by atoms with E-state index in [1.165, 1.54) is 12.4 Å². The minimum absolute atomic E-state index is 0.0120. The molecule has 0 aliphatic carbocycles. The molecule has 0 bridgehead atoms. The third-order valence-corrected chi connectivity index (χ3v) is 3.84. The zero-order valence-corrected chi connectivity index (χ0v) is 10.5. The van der Waals surface area contributed by atoms with Crippen LogP contribution in [0.15, 0.2) is 35.5 Å². The van der Waals surface area contributed by atoms with Gasteiger partial charge in [-0.05, 0) is 24.1 Å². The molecule has 2 aromatic rings. The fraction of sp³-hybridized carbons (Fsp3) is 0.182. The molecule has 0 aliphatic heterocycles. The minimum atomic E-state index is -3.64. The summed E-state index contributed by atoms with van der Waals surface area (Å²) in [4.78, 5) is 0.0120. The molecule has 0 saturated heterocycles. The smallest absolute Gasteiger partial charge is 0.243 e. The summed E-state index contributed by atoms with van der Waals surface area (Å²) in [7, 11) is -3.64. The molecule has 0 spiro atoms. The highest BCUT2D eigenvalue weighted by molar-refractivity contribution is 7.89. The molecule has 0 atom stereocenters. The number of aromatic nitrogens is 2. The van der Waals surface area contributed by atoms with E-state index >= 15 is 0 Å². The van der Waals surface area contributed by atoms with E-state index in [4.69, 9.17) is 0 Å². The minimum Gasteiger partial charge on any atom is -0.284 e. The maximum absolute atomic E-state index is 12.9. The van der Waals surface area contributed by atoms with E-state index in [1.807, 2.05) is 0 Å². The molecular weight excluding hydrogens is 276 g/mol. The van der Waals surface area contributed by atoms with E-state index in [0.717, 1.165) is 18.2 Å². The summed E-state index contributed by atoms with van der Waals surface area (Å²) in [6.07, 6.45) is 2.60. The normalized spacial score (nSPS) is 11.7. The van der Waals surface area contributed by atoms with Crippen LogP contribution in [-0.2, 0) is 16.4 Å². The Balaban J connectivity index is 1.97. The largest absolute Gasteiger partial charge is 0.284 e. The molecule has 8 heteroatoms. The van der Waals surface area contributed by atoms with Gasteiger partial charge in [0.15, 0.2) is 0 Å². The predicted molar refractivity (Wildman–Crippen MR) is 63.8 cm³/mol. The van der Waals surface area contributed by atoms with E-state index < -0.39 is 21.7 Å². The maximum Gasteiger partial charge on any atom is 0.243 e. The van der Waals surface area contributed by atoms with Crippen molar-refractivity contribution in [3.8, 4) is 0 Å². The summed E-state index contributed by atoms with van der Waals surface area (Å²) < 4.78 is 51.6. The third kappa shape index (κ3) is 3.58. The van der Waals surface area contributed by atoms with Crippen molar-refractivity contribution in [3.63, 3.8) is 0 Å². The summed E-state index contributed by atoms with van der Waals surface area (Å²) in [5.41, 5.74) is 0.382. The average Bonchev–Trinajstić information content (AvgIpc) is 2.81. The van der Waals surface area contributed by atoms with Crippen molar-refractivity contribution in [2.45, 2.75) is 11.3 Å². The van der Waals surface area contributed by atoms with Gasteiger partial charge in [-0.2, -0.15) is 5.10 Å². The van der Waals surface area contributed by atoms with Crippen molar-refractivity contribution in [1.29, 1.82) is 0 Å². The van der Waals surface area contributed by atoms with Crippen LogP contribution in [0, 0.1) is 11.6 Å². The molecule has 0 fully saturated rings. The molecule has 0 aliphatic rings. The van der Waals surface area contributed by atoms with Crippen LogP contribution in [0.4, 0.5) is 8.78 Å². The zero-order chi connectivity index (χ0) is 13.9. The highest BCUT2D eigenvalue weighted by Gasteiger charge is 2.14. The highest BCUT2D eigenvalue weighted by Crippen LogP contribution is 2.09. The van der Waals surface area contributed by atoms with Gasteiger partial charge < -0.3 is 0 Å². The summed E-state index contributed by atoms with van der Waals surface area (Å²) in [5, 5.41) is 5.93. The lowest BCUT2D eigenvalue weighted by atomic mass is 10.1. The van der Waals surface area contributed by atoms with Crippen LogP contribution in [-0.4, -0.2) is 25.2 Å². The second-order valence-corrected chi connectivity index (χ2v) is 5.63. The third-order valence-electron chi connectivity index (χ3n) is 2.41. The topological polar surface area (TPSA) is 74.8 Å². The van der Waals surface area contributed by atoms with Crippen LogP contribution in [0.25, 0.3) is 0 Å². The molecule has 0 radical (unpaired) electrons. The van der Waals surface area contributed by atoms with Crippen LogP contribution < -0.4 is 4.72 Å². The van der Waals surface area contributed by atoms with E-state index in [0.29, 0.717) is 5.56 Å². The van der Waals surface area contributed by atoms with Crippen LogP contribution >= 0.6 is 0 Å². The van der Waals surface area contributed by atoms with Crippen molar-refractivity contribution in [2.24, 2.45) is 0 Å². The predicted octanol–water partition coefficient (Wildman–Crippen LogP) is 1.21. The molecule has 0 unspecified atom stereocenters. The second-order valence-electron chi connectivity index (χ2n) is 3.86. The van der Waals surface area contributed by atoms with Crippen LogP contribution in [0.3, 0.4) is 0 Å². The molecular formula is C11H11F2N3O2S. The average molecular weight is 287 g/mol. The first-order valence-electron chi connectivity index (χ1n) is 5.41. The van der Waals surface area contributed by atoms with Crippen LogP contribution in [0.5, 0.6) is 0 Å². The SMILES string of the molecule is O=S(=O)(NCCc1cc(F)cc(F)c1)c1cn[nH]c1. The lowest BCUT2D eigenvalue weighted by molar-refractivity contribution is 0.576. The first-order valence-corrected chi connectivity index (χ1v) is 6.89. The molecule has 19 heavy (non-hydrogen) atoms. The Morgan fingerprint density at radius 3 is 2.47 bits per heavy atom. The molecule has 1 aromatic carbocycles. The van der Waals surface area contributed by atoms with Gasteiger partial charge in [-0.3, -0.25) is 5.10 Å². The number of H-pyrrole nitrogens is 1. The number of aromatic amines is 1. The van der Waals surface area contributed by atoms with E-state index in [9.17, 15) is 17.2 Å². The summed E-state index contributed by atoms with van der Waals surface area (Å²) >= 11 is 0. The monoisotopic (exact) mass is 287 g/mol. The van der Waals surface area contributed by atoms with Crippen molar-refractivity contribution < 1.29 is 17.2 Å². The Kier molecular flexibility index (Phi) is 3.91. The van der Waals surface area contributed by atoms with Gasteiger partial charge in [-0.15, -0.1) is 0 Å². The van der Waals surface area contributed by atoms with Crippen molar-refractivity contribution in [1.82, 2.24) is 14.9 Å². The van der Waals surface area contributed by atoms with Gasteiger partial charge in [0.05, 0.1) is 6.20 Å². The maximum atomic E-state index is 12.9. The van der Waals surface area contributed by atoms with Gasteiger partial charge >= 0.3 is 0 Å². The number of benzene rings is 1. The Labute approximate surface area is 108 Å². The first-order chi connectivity index (χ1) is 8.97. The van der Waals surface area contributed by atoms with Crippen LogP contribution in [0.1, 0.15) is 5.56 Å². The molecule has 0 saturated carbocycles. The van der Waals surface area contributed by atoms with Gasteiger partial charge in [0.2, 0.25) is 10.0 Å². The Morgan fingerprint density at radius 2 is 1.89 bits per heavy atom. The molecule has 5 nitrogen and oxygen atoms in total. The van der Waals surface area contributed by atoms with Gasteiger partial charge in [0.25, 0.3) is 0 Å². The first kappa shape index (κ1) is 13.6. The van der Waals surface area contributed by atoms with E-state index in [1.54, 1.807) is 0 Å². The highest BCUT2D eigenvalue weighted by atomic mass is 32.2. The Hall–Kier alpha value is -1.80. The Morgan fingerprint density at radius 1 is 1.21 bits per heavy atom. The van der Waals surface area contributed by atoms with Gasteiger partial charge in [-0.25, -0.2) is 21.9 Å². The van der Waals surface area contributed by atoms with Gasteiger partial charge in [-0.1, -0.05) is 0 Å². The quantitative estimate of drug-likeness (QED) is 0.868. The number of hydrogen-bond donors (Lipinski definition) is 2. The number of sulfonamides is 1. The molecule has 2 N–H and O–H groups in total. The molecule has 1 aromatic heterocycles. The standard InChI is InChI=1S/C11H11F2N3O2S/c12-9-3-8(4-10(13)5-9)1-2-16-19(17,18)11-6-14-15-7-11/h3-7,16H,1-2H2,(H,14,15). The van der Waals surface area contributed by atoms with Gasteiger partial charge in [0, 0.05) is 18.8 Å². The summed E-state index contributed by atoms with van der Waals surface area (Å²) in [6, 6.07) is 3.09. The molecule has 2 rings (SSSR count). The number of hydrogen-bond acceptors (Lipinski definition) is 3. The number of nitrogens with one attached hydrogen (secondary N) is 2. The lowest BCUT2D eigenvalue weighted by Gasteiger charge is -2.05. The number of halogens is 2. The number of rotatable bonds is 5. The molecule has 0 amide bonds. The molecule has 1 heterocycles. The van der Waals surface area contributed by atoms with E-state index in [2.05, 4.69) is 14.9 Å².